The molecule has 1 aromatic rings. The summed E-state index contributed by atoms with van der Waals surface area (Å²) in [5, 5.41) is 37.4. The molecule has 0 spiro atoms. The number of benzene rings is 1. The molecule has 1 aromatic carbocycles. The number of phenols is 2. The third-order valence-electron chi connectivity index (χ3n) is 3.05. The van der Waals surface area contributed by atoms with E-state index in [1.54, 1.807) is 4.90 Å². The van der Waals surface area contributed by atoms with Crippen LogP contribution in [0.4, 0.5) is 0 Å². The van der Waals surface area contributed by atoms with Crippen LogP contribution in [0.5, 0.6) is 11.5 Å². The molecule has 2 aliphatic heterocycles. The smallest absolute Gasteiger partial charge is 0.162 e. The summed E-state index contributed by atoms with van der Waals surface area (Å²) >= 11 is 1.19. The molecule has 1 fully saturated rings. The van der Waals surface area contributed by atoms with Crippen LogP contribution in [0.3, 0.4) is 0 Å². The fraction of sp³-hybridized carbons (Fsp3) is 0.167. The Bertz CT molecular complexity index is 731. The van der Waals surface area contributed by atoms with E-state index in [0.29, 0.717) is 16.9 Å². The molecule has 3 rings (SSSR count). The molecule has 0 saturated carbocycles. The summed E-state index contributed by atoms with van der Waals surface area (Å²) in [5.74, 6) is -0.384. The standard InChI is InChI=1S/C12H9N3O2S.ClH.2H2O/c13-5-10-11-7-4-9(17)8(16)3-6(7)1-2-15(11)12(14)18-10;;;/h1,3-4,10,14,16-17H,2H2;1H;2*1H2. The van der Waals surface area contributed by atoms with Crippen molar-refractivity contribution in [2.45, 2.75) is 5.25 Å². The fourth-order valence-electron chi connectivity index (χ4n) is 2.21. The predicted octanol–water partition coefficient (Wildman–Crippen LogP) is -1.35. The first kappa shape index (κ1) is 19.1. The summed E-state index contributed by atoms with van der Waals surface area (Å²) in [6.45, 7) is 0.510. The Morgan fingerprint density at radius 2 is 1.90 bits per heavy atom. The molecule has 2 heterocycles. The van der Waals surface area contributed by atoms with Gasteiger partial charge >= 0.3 is 0 Å². The number of amidine groups is 1. The predicted molar refractivity (Wildman–Crippen MR) is 82.8 cm³/mol. The van der Waals surface area contributed by atoms with Crippen LogP contribution in [0, 0.1) is 16.7 Å². The number of hydrogen-bond acceptors (Lipinski definition) is 5. The van der Waals surface area contributed by atoms with Crippen molar-refractivity contribution in [1.82, 2.24) is 4.90 Å². The van der Waals surface area contributed by atoms with E-state index in [1.807, 2.05) is 6.08 Å². The number of thioether (sulfide) groups is 1. The maximum absolute atomic E-state index is 9.58. The number of phenolic OH excluding ortho intramolecular Hbond substituents is 2. The molecule has 7 nitrogen and oxygen atoms in total. The van der Waals surface area contributed by atoms with Gasteiger partial charge in [-0.3, -0.25) is 5.41 Å². The molecule has 7 N–H and O–H groups in total. The Kier molecular flexibility index (Phi) is 6.08. The lowest BCUT2D eigenvalue weighted by atomic mass is 10.1. The van der Waals surface area contributed by atoms with Gasteiger partial charge in [0.05, 0.1) is 11.8 Å². The van der Waals surface area contributed by atoms with Crippen molar-refractivity contribution >= 4 is 41.1 Å². The zero-order valence-corrected chi connectivity index (χ0v) is 12.3. The van der Waals surface area contributed by atoms with Gasteiger partial charge < -0.3 is 26.1 Å². The molecule has 2 aliphatic rings. The Balaban J connectivity index is 0.00000133. The summed E-state index contributed by atoms with van der Waals surface area (Å²) in [5.41, 5.74) is 0.723. The Morgan fingerprint density at radius 3 is 2.52 bits per heavy atom. The van der Waals surface area contributed by atoms with Crippen LogP contribution < -0.4 is 10.4 Å². The SMILES string of the molecule is Cl.N#CC1SC(=N)N2CC=c3cc(O)c(O)cc3=C12.O.O. The van der Waals surface area contributed by atoms with Gasteiger partial charge in [-0.15, -0.1) is 12.4 Å². The highest BCUT2D eigenvalue weighted by Crippen LogP contribution is 2.34. The van der Waals surface area contributed by atoms with E-state index in [2.05, 4.69) is 6.07 Å². The quantitative estimate of drug-likeness (QED) is 0.501. The maximum atomic E-state index is 9.58. The molecule has 21 heavy (non-hydrogen) atoms. The molecule has 1 atom stereocenters. The van der Waals surface area contributed by atoms with Crippen molar-refractivity contribution in [3.05, 3.63) is 22.6 Å². The third kappa shape index (κ3) is 2.77. The van der Waals surface area contributed by atoms with Crippen molar-refractivity contribution in [2.75, 3.05) is 6.54 Å². The summed E-state index contributed by atoms with van der Waals surface area (Å²) < 4.78 is 0. The highest BCUT2D eigenvalue weighted by molar-refractivity contribution is 8.15. The van der Waals surface area contributed by atoms with E-state index in [9.17, 15) is 10.2 Å². The lowest BCUT2D eigenvalue weighted by Gasteiger charge is -2.21. The van der Waals surface area contributed by atoms with Gasteiger partial charge in [0.25, 0.3) is 0 Å². The van der Waals surface area contributed by atoms with Crippen molar-refractivity contribution < 1.29 is 21.2 Å². The lowest BCUT2D eigenvalue weighted by Crippen LogP contribution is -2.40. The maximum Gasteiger partial charge on any atom is 0.162 e. The molecule has 0 aromatic heterocycles. The number of rotatable bonds is 0. The monoisotopic (exact) mass is 331 g/mol. The van der Waals surface area contributed by atoms with E-state index in [-0.39, 0.29) is 34.9 Å². The van der Waals surface area contributed by atoms with Crippen LogP contribution in [0.2, 0.25) is 0 Å². The average Bonchev–Trinajstić information content (AvgIpc) is 2.68. The van der Waals surface area contributed by atoms with E-state index < -0.39 is 5.25 Å². The Hall–Kier alpha value is -1.92. The highest BCUT2D eigenvalue weighted by Gasteiger charge is 2.35. The van der Waals surface area contributed by atoms with E-state index >= 15 is 0 Å². The van der Waals surface area contributed by atoms with Gasteiger partial charge in [0.15, 0.2) is 16.7 Å². The van der Waals surface area contributed by atoms with Gasteiger partial charge in [-0.05, 0) is 17.4 Å². The van der Waals surface area contributed by atoms with Gasteiger partial charge in [-0.25, -0.2) is 0 Å². The summed E-state index contributed by atoms with van der Waals surface area (Å²) in [6.07, 6.45) is 1.87. The number of halogens is 1. The minimum atomic E-state index is -0.436. The minimum Gasteiger partial charge on any atom is -0.504 e. The zero-order valence-electron chi connectivity index (χ0n) is 10.6. The number of aromatic hydroxyl groups is 2. The summed E-state index contributed by atoms with van der Waals surface area (Å²) in [6, 6.07) is 5.09. The molecule has 0 aliphatic carbocycles. The normalized spacial score (nSPS) is 18.0. The van der Waals surface area contributed by atoms with Crippen LogP contribution in [0.15, 0.2) is 12.1 Å². The van der Waals surface area contributed by atoms with E-state index in [4.69, 9.17) is 10.7 Å². The highest BCUT2D eigenvalue weighted by atomic mass is 35.5. The van der Waals surface area contributed by atoms with Gasteiger partial charge in [0.1, 0.15) is 5.25 Å². The van der Waals surface area contributed by atoms with Crippen molar-refractivity contribution in [3.63, 3.8) is 0 Å². The topological polar surface area (TPSA) is 154 Å². The summed E-state index contributed by atoms with van der Waals surface area (Å²) in [4.78, 5) is 1.75. The molecular weight excluding hydrogens is 318 g/mol. The Morgan fingerprint density at radius 1 is 1.29 bits per heavy atom. The first-order valence-corrected chi connectivity index (χ1v) is 6.18. The molecular formula is C12H14ClN3O4S. The van der Waals surface area contributed by atoms with Gasteiger partial charge in [-0.2, -0.15) is 5.26 Å². The summed E-state index contributed by atoms with van der Waals surface area (Å²) in [7, 11) is 0. The van der Waals surface area contributed by atoms with Gasteiger partial charge in [0, 0.05) is 11.8 Å². The first-order chi connectivity index (χ1) is 8.61. The first-order valence-electron chi connectivity index (χ1n) is 5.30. The number of nitrogens with one attached hydrogen (secondary N) is 1. The minimum absolute atomic E-state index is 0. The Labute approximate surface area is 130 Å². The lowest BCUT2D eigenvalue weighted by molar-refractivity contribution is 0.402. The number of fused-ring (bicyclic) bond motifs is 2. The molecule has 0 bridgehead atoms. The molecule has 1 saturated heterocycles. The molecule has 0 amide bonds. The fourth-order valence-corrected chi connectivity index (χ4v) is 3.15. The average molecular weight is 332 g/mol. The van der Waals surface area contributed by atoms with Crippen LogP contribution in [0.25, 0.3) is 11.8 Å². The second kappa shape index (κ2) is 6.69. The van der Waals surface area contributed by atoms with E-state index in [0.717, 1.165) is 10.9 Å². The van der Waals surface area contributed by atoms with Crippen molar-refractivity contribution in [2.24, 2.45) is 0 Å². The number of nitriles is 1. The van der Waals surface area contributed by atoms with Crippen LogP contribution in [-0.2, 0) is 0 Å². The zero-order chi connectivity index (χ0) is 12.9. The largest absolute Gasteiger partial charge is 0.504 e. The van der Waals surface area contributed by atoms with E-state index in [1.165, 1.54) is 23.9 Å². The van der Waals surface area contributed by atoms with Crippen LogP contribution >= 0.6 is 24.2 Å². The molecule has 114 valence electrons. The number of nitrogens with zero attached hydrogens (tertiary/aromatic N) is 2. The molecule has 9 heteroatoms. The second-order valence-corrected chi connectivity index (χ2v) is 5.15. The second-order valence-electron chi connectivity index (χ2n) is 4.06. The van der Waals surface area contributed by atoms with Gasteiger partial charge in [-0.1, -0.05) is 17.8 Å². The van der Waals surface area contributed by atoms with Crippen molar-refractivity contribution in [3.8, 4) is 17.6 Å². The molecule has 1 unspecified atom stereocenters. The van der Waals surface area contributed by atoms with Crippen LogP contribution in [0.1, 0.15) is 0 Å². The molecule has 0 radical (unpaired) electrons. The van der Waals surface area contributed by atoms with Crippen LogP contribution in [-0.4, -0.2) is 43.0 Å². The van der Waals surface area contributed by atoms with Crippen molar-refractivity contribution in [1.29, 1.82) is 10.7 Å². The van der Waals surface area contributed by atoms with Gasteiger partial charge in [0.2, 0.25) is 0 Å². The third-order valence-corrected chi connectivity index (χ3v) is 4.06. The number of hydrogen-bond donors (Lipinski definition) is 3.